The molecule has 2 aromatic rings. The minimum atomic E-state index is -0.743. The van der Waals surface area contributed by atoms with E-state index in [0.717, 1.165) is 10.9 Å². The molecule has 3 amide bonds. The van der Waals surface area contributed by atoms with Gasteiger partial charge in [0.05, 0.1) is 17.8 Å². The maximum atomic E-state index is 12.6. The predicted molar refractivity (Wildman–Crippen MR) is 108 cm³/mol. The van der Waals surface area contributed by atoms with E-state index in [1.807, 2.05) is 34.0 Å². The summed E-state index contributed by atoms with van der Waals surface area (Å²) in [5, 5.41) is 4.02. The van der Waals surface area contributed by atoms with Crippen molar-refractivity contribution in [3.63, 3.8) is 0 Å². The van der Waals surface area contributed by atoms with Crippen LogP contribution in [0, 0.1) is 0 Å². The van der Waals surface area contributed by atoms with Crippen LogP contribution in [-0.4, -0.2) is 57.3 Å². The van der Waals surface area contributed by atoms with Crippen LogP contribution < -0.4 is 16.8 Å². The van der Waals surface area contributed by atoms with E-state index in [4.69, 9.17) is 11.5 Å². The first-order chi connectivity index (χ1) is 13.9. The van der Waals surface area contributed by atoms with Gasteiger partial charge in [0.2, 0.25) is 17.7 Å². The fraction of sp³-hybridized carbons (Fsp3) is 0.500. The van der Waals surface area contributed by atoms with Crippen molar-refractivity contribution >= 4 is 28.6 Å². The van der Waals surface area contributed by atoms with Crippen LogP contribution in [0.4, 0.5) is 0 Å². The lowest BCUT2D eigenvalue weighted by Gasteiger charge is -2.33. The molecule has 9 heteroatoms. The Hall–Kier alpha value is -2.94. The molecule has 29 heavy (non-hydrogen) atoms. The molecule has 0 radical (unpaired) electrons. The average Bonchev–Trinajstić information content (AvgIpc) is 3.13. The van der Waals surface area contributed by atoms with Crippen LogP contribution in [0.15, 0.2) is 30.7 Å². The molecular formula is C20H28N6O3. The third kappa shape index (κ3) is 5.54. The van der Waals surface area contributed by atoms with Crippen molar-refractivity contribution in [2.75, 3.05) is 13.1 Å². The molecule has 3 rings (SSSR count). The summed E-state index contributed by atoms with van der Waals surface area (Å²) in [6.07, 6.45) is 7.67. The van der Waals surface area contributed by atoms with E-state index >= 15 is 0 Å². The van der Waals surface area contributed by atoms with Crippen molar-refractivity contribution in [2.24, 2.45) is 11.5 Å². The van der Waals surface area contributed by atoms with Gasteiger partial charge in [0.15, 0.2) is 0 Å². The zero-order valence-electron chi connectivity index (χ0n) is 16.4. The molecule has 156 valence electrons. The van der Waals surface area contributed by atoms with Gasteiger partial charge in [-0.1, -0.05) is 0 Å². The number of carbonyl (C=O) groups excluding carboxylic acids is 3. The Morgan fingerprint density at radius 2 is 1.97 bits per heavy atom. The first-order valence-corrected chi connectivity index (χ1v) is 9.95. The molecule has 1 aliphatic heterocycles. The van der Waals surface area contributed by atoms with Crippen molar-refractivity contribution in [1.29, 1.82) is 0 Å². The molecule has 0 bridgehead atoms. The van der Waals surface area contributed by atoms with Crippen LogP contribution in [0.5, 0.6) is 0 Å². The maximum absolute atomic E-state index is 12.6. The summed E-state index contributed by atoms with van der Waals surface area (Å²) in [5.74, 6) is -0.632. The molecule has 1 unspecified atom stereocenters. The van der Waals surface area contributed by atoms with E-state index in [1.54, 1.807) is 6.20 Å². The van der Waals surface area contributed by atoms with E-state index in [0.29, 0.717) is 38.9 Å². The number of carbonyl (C=O) groups is 3. The van der Waals surface area contributed by atoms with Gasteiger partial charge in [-0.3, -0.25) is 19.4 Å². The first kappa shape index (κ1) is 20.8. The summed E-state index contributed by atoms with van der Waals surface area (Å²) in [7, 11) is 0. The van der Waals surface area contributed by atoms with Gasteiger partial charge in [0.1, 0.15) is 0 Å². The lowest BCUT2D eigenvalue weighted by molar-refractivity contribution is -0.132. The van der Waals surface area contributed by atoms with Crippen molar-refractivity contribution in [3.05, 3.63) is 30.7 Å². The molecule has 0 aliphatic carbocycles. The highest BCUT2D eigenvalue weighted by molar-refractivity contribution is 5.83. The fourth-order valence-corrected chi connectivity index (χ4v) is 3.61. The van der Waals surface area contributed by atoms with Gasteiger partial charge in [0.25, 0.3) is 0 Å². The number of hydrogen-bond acceptors (Lipinski definition) is 5. The van der Waals surface area contributed by atoms with E-state index in [-0.39, 0.29) is 30.7 Å². The van der Waals surface area contributed by atoms with Crippen LogP contribution in [0.1, 0.15) is 32.1 Å². The summed E-state index contributed by atoms with van der Waals surface area (Å²) in [4.78, 5) is 41.5. The Morgan fingerprint density at radius 1 is 1.21 bits per heavy atom. The van der Waals surface area contributed by atoms with E-state index < -0.39 is 11.9 Å². The third-order valence-corrected chi connectivity index (χ3v) is 5.38. The number of nitrogens with two attached hydrogens (primary N) is 2. The monoisotopic (exact) mass is 400 g/mol. The highest BCUT2D eigenvalue weighted by atomic mass is 16.2. The summed E-state index contributed by atoms with van der Waals surface area (Å²) in [5.41, 5.74) is 11.9. The number of pyridine rings is 1. The Labute approximate surface area is 169 Å². The van der Waals surface area contributed by atoms with E-state index in [2.05, 4.69) is 10.3 Å². The zero-order chi connectivity index (χ0) is 20.8. The molecule has 2 aromatic heterocycles. The molecule has 1 aliphatic rings. The number of nitrogens with zero attached hydrogens (tertiary/aromatic N) is 3. The number of fused-ring (bicyclic) bond motifs is 1. The summed E-state index contributed by atoms with van der Waals surface area (Å²) < 4.78 is 2.04. The van der Waals surface area contributed by atoms with Crippen molar-refractivity contribution in [1.82, 2.24) is 19.8 Å². The second-order valence-corrected chi connectivity index (χ2v) is 7.47. The third-order valence-electron chi connectivity index (χ3n) is 5.38. The van der Waals surface area contributed by atoms with Crippen LogP contribution in [0.2, 0.25) is 0 Å². The maximum Gasteiger partial charge on any atom is 0.237 e. The summed E-state index contributed by atoms with van der Waals surface area (Å²) in [6.45, 7) is 1.82. The molecule has 3 heterocycles. The normalized spacial score (nSPS) is 16.0. The topological polar surface area (TPSA) is 136 Å². The molecule has 5 N–H and O–H groups in total. The highest BCUT2D eigenvalue weighted by Crippen LogP contribution is 2.16. The number of nitrogens with one attached hydrogen (secondary N) is 1. The molecule has 0 saturated carbocycles. The van der Waals surface area contributed by atoms with Gasteiger partial charge in [-0.2, -0.15) is 0 Å². The van der Waals surface area contributed by atoms with Gasteiger partial charge < -0.3 is 26.3 Å². The zero-order valence-corrected chi connectivity index (χ0v) is 16.4. The molecular weight excluding hydrogens is 372 g/mol. The SMILES string of the molecule is NC(=O)CCC(N)C(=O)NC1CCN(C(=O)CCn2ccc3ccncc32)CC1. The Kier molecular flexibility index (Phi) is 6.82. The van der Waals surface area contributed by atoms with Gasteiger partial charge in [-0.25, -0.2) is 0 Å². The molecule has 0 aromatic carbocycles. The highest BCUT2D eigenvalue weighted by Gasteiger charge is 2.25. The smallest absolute Gasteiger partial charge is 0.237 e. The molecule has 9 nitrogen and oxygen atoms in total. The van der Waals surface area contributed by atoms with Crippen LogP contribution in [0.3, 0.4) is 0 Å². The number of amides is 3. The minimum absolute atomic E-state index is 0.00866. The number of likely N-dealkylation sites (tertiary alicyclic amines) is 1. The van der Waals surface area contributed by atoms with E-state index in [9.17, 15) is 14.4 Å². The number of rotatable bonds is 8. The van der Waals surface area contributed by atoms with Crippen LogP contribution >= 0.6 is 0 Å². The fourth-order valence-electron chi connectivity index (χ4n) is 3.61. The van der Waals surface area contributed by atoms with E-state index in [1.165, 1.54) is 0 Å². The van der Waals surface area contributed by atoms with Gasteiger partial charge >= 0.3 is 0 Å². The van der Waals surface area contributed by atoms with Gasteiger partial charge in [-0.15, -0.1) is 0 Å². The standard InChI is InChI=1S/C20H28N6O3/c21-16(1-2-18(22)27)20(29)24-15-5-10-26(11-6-15)19(28)7-12-25-9-4-14-3-8-23-13-17(14)25/h3-4,8-9,13,15-16H,1-2,5-7,10-12,21H2,(H2,22,27)(H,24,29). The van der Waals surface area contributed by atoms with Crippen molar-refractivity contribution in [2.45, 2.75) is 50.7 Å². The Bertz CT molecular complexity index is 872. The molecule has 1 atom stereocenters. The second-order valence-electron chi connectivity index (χ2n) is 7.47. The van der Waals surface area contributed by atoms with Gasteiger partial charge in [0, 0.05) is 56.3 Å². The minimum Gasteiger partial charge on any atom is -0.370 e. The molecule has 0 spiro atoms. The van der Waals surface area contributed by atoms with Gasteiger partial charge in [-0.05, 0) is 31.4 Å². The molecule has 1 saturated heterocycles. The summed E-state index contributed by atoms with van der Waals surface area (Å²) in [6, 6.07) is 3.22. The number of piperidine rings is 1. The lowest BCUT2D eigenvalue weighted by Crippen LogP contribution is -2.50. The molecule has 1 fully saturated rings. The Morgan fingerprint density at radius 3 is 2.69 bits per heavy atom. The Balaban J connectivity index is 1.41. The van der Waals surface area contributed by atoms with Crippen LogP contribution in [0.25, 0.3) is 10.9 Å². The summed E-state index contributed by atoms with van der Waals surface area (Å²) >= 11 is 0. The first-order valence-electron chi connectivity index (χ1n) is 9.95. The number of primary amides is 1. The number of hydrogen-bond donors (Lipinski definition) is 3. The number of aryl methyl sites for hydroxylation is 1. The van der Waals surface area contributed by atoms with Crippen molar-refractivity contribution < 1.29 is 14.4 Å². The second kappa shape index (κ2) is 9.51. The van der Waals surface area contributed by atoms with Crippen LogP contribution in [-0.2, 0) is 20.9 Å². The van der Waals surface area contributed by atoms with Crippen molar-refractivity contribution in [3.8, 4) is 0 Å². The quantitative estimate of drug-likeness (QED) is 0.578. The largest absolute Gasteiger partial charge is 0.370 e. The number of aromatic nitrogens is 2. The average molecular weight is 400 g/mol. The predicted octanol–water partition coefficient (Wildman–Crippen LogP) is 0.126. The lowest BCUT2D eigenvalue weighted by atomic mass is 10.0.